The summed E-state index contributed by atoms with van der Waals surface area (Å²) in [7, 11) is -4.25. The van der Waals surface area contributed by atoms with Gasteiger partial charge in [0.1, 0.15) is 10.6 Å². The molecular weight excluding hydrogens is 532 g/mol. The number of hydrogen-bond acceptors (Lipinski definition) is 4. The van der Waals surface area contributed by atoms with Crippen molar-refractivity contribution in [3.05, 3.63) is 51.0 Å². The first-order valence-electron chi connectivity index (χ1n) is 8.60. The Kier molecular flexibility index (Phi) is 8.31. The molecule has 0 bridgehead atoms. The van der Waals surface area contributed by atoms with Gasteiger partial charge in [-0.25, -0.2) is 8.42 Å². The van der Waals surface area contributed by atoms with Gasteiger partial charge in [-0.3, -0.25) is 4.72 Å². The predicted molar refractivity (Wildman–Crippen MR) is 115 cm³/mol. The molecule has 2 aromatic carbocycles. The lowest BCUT2D eigenvalue weighted by atomic mass is 10.0. The third-order valence-corrected chi connectivity index (χ3v) is 6.62. The number of benzene rings is 2. The SMILES string of the molecule is Cl.O=S(=O)(Nc1ccc2c(c1Cl)CCNCC2)c1ccc(Br)cc1OCC(F)(F)F. The molecule has 0 fully saturated rings. The Morgan fingerprint density at radius 2 is 1.87 bits per heavy atom. The fourth-order valence-corrected chi connectivity index (χ4v) is 4.90. The Balaban J connectivity index is 0.00000320. The molecule has 0 amide bonds. The lowest BCUT2D eigenvalue weighted by Crippen LogP contribution is -2.21. The van der Waals surface area contributed by atoms with Crippen molar-refractivity contribution in [2.45, 2.75) is 23.9 Å². The van der Waals surface area contributed by atoms with Gasteiger partial charge in [-0.2, -0.15) is 13.2 Å². The summed E-state index contributed by atoms with van der Waals surface area (Å²) in [6.45, 7) is -0.100. The highest BCUT2D eigenvalue weighted by atomic mass is 79.9. The maximum absolute atomic E-state index is 12.9. The molecule has 12 heteroatoms. The number of ether oxygens (including phenoxy) is 1. The van der Waals surface area contributed by atoms with Crippen LogP contribution in [0.1, 0.15) is 11.1 Å². The molecule has 3 rings (SSSR count). The van der Waals surface area contributed by atoms with Crippen molar-refractivity contribution in [1.82, 2.24) is 5.32 Å². The van der Waals surface area contributed by atoms with E-state index in [4.69, 9.17) is 16.3 Å². The molecule has 1 heterocycles. The van der Waals surface area contributed by atoms with Crippen molar-refractivity contribution in [2.75, 3.05) is 24.4 Å². The number of rotatable bonds is 5. The minimum absolute atomic E-state index is 0. The van der Waals surface area contributed by atoms with Crippen molar-refractivity contribution in [3.63, 3.8) is 0 Å². The van der Waals surface area contributed by atoms with E-state index in [0.29, 0.717) is 17.4 Å². The zero-order valence-electron chi connectivity index (χ0n) is 15.4. The van der Waals surface area contributed by atoms with Crippen LogP contribution in [0.4, 0.5) is 18.9 Å². The fourth-order valence-electron chi connectivity index (χ4n) is 2.98. The van der Waals surface area contributed by atoms with Crippen LogP contribution in [0.25, 0.3) is 0 Å². The summed E-state index contributed by atoms with van der Waals surface area (Å²) in [5.41, 5.74) is 2.04. The smallest absolute Gasteiger partial charge is 0.422 e. The predicted octanol–water partition coefficient (Wildman–Crippen LogP) is 4.95. The van der Waals surface area contributed by atoms with Crippen LogP contribution in [0.3, 0.4) is 0 Å². The second-order valence-electron chi connectivity index (χ2n) is 6.42. The zero-order valence-corrected chi connectivity index (χ0v) is 19.3. The van der Waals surface area contributed by atoms with E-state index in [1.54, 1.807) is 12.1 Å². The van der Waals surface area contributed by atoms with Crippen LogP contribution in [0.2, 0.25) is 5.02 Å². The molecule has 0 aromatic heterocycles. The van der Waals surface area contributed by atoms with Crippen molar-refractivity contribution in [3.8, 4) is 5.75 Å². The Morgan fingerprint density at radius 3 is 2.57 bits per heavy atom. The highest BCUT2D eigenvalue weighted by Crippen LogP contribution is 2.35. The van der Waals surface area contributed by atoms with Crippen LogP contribution >= 0.6 is 39.9 Å². The summed E-state index contributed by atoms with van der Waals surface area (Å²) in [5.74, 6) is -0.417. The lowest BCUT2D eigenvalue weighted by molar-refractivity contribution is -0.153. The van der Waals surface area contributed by atoms with Crippen LogP contribution < -0.4 is 14.8 Å². The largest absolute Gasteiger partial charge is 0.483 e. The number of alkyl halides is 3. The molecule has 0 saturated heterocycles. The van der Waals surface area contributed by atoms with Crippen molar-refractivity contribution in [1.29, 1.82) is 0 Å². The first-order valence-corrected chi connectivity index (χ1v) is 11.2. The average Bonchev–Trinajstić information content (AvgIpc) is 2.87. The molecule has 2 aromatic rings. The van der Waals surface area contributed by atoms with Gasteiger partial charge in [0.05, 0.1) is 10.7 Å². The maximum atomic E-state index is 12.9. The molecule has 30 heavy (non-hydrogen) atoms. The topological polar surface area (TPSA) is 67.4 Å². The molecule has 2 N–H and O–H groups in total. The molecule has 1 aliphatic rings. The minimum atomic E-state index is -4.61. The molecule has 0 unspecified atom stereocenters. The summed E-state index contributed by atoms with van der Waals surface area (Å²) in [6.07, 6.45) is -3.20. The summed E-state index contributed by atoms with van der Waals surface area (Å²) >= 11 is 9.54. The van der Waals surface area contributed by atoms with E-state index < -0.39 is 33.5 Å². The standard InChI is InChI=1S/C18H17BrClF3N2O3S.ClH/c19-12-2-4-16(15(9-12)28-10-18(21,22)23)29(26,27)25-14-3-1-11-5-7-24-8-6-13(11)17(14)20;/h1-4,9,24-25H,5-8,10H2;1H. The Morgan fingerprint density at radius 1 is 1.17 bits per heavy atom. The molecule has 166 valence electrons. The first kappa shape index (κ1) is 25.1. The average molecular weight is 550 g/mol. The Bertz CT molecular complexity index is 1020. The summed E-state index contributed by atoms with van der Waals surface area (Å²) in [4.78, 5) is -0.419. The molecule has 5 nitrogen and oxygen atoms in total. The zero-order chi connectivity index (χ0) is 21.2. The molecular formula is C18H18BrCl2F3N2O3S. The van der Waals surface area contributed by atoms with E-state index in [2.05, 4.69) is 26.0 Å². The van der Waals surface area contributed by atoms with Gasteiger partial charge in [0.15, 0.2) is 6.61 Å². The fraction of sp³-hybridized carbons (Fsp3) is 0.333. The summed E-state index contributed by atoms with van der Waals surface area (Å²) < 4.78 is 70.9. The molecule has 0 radical (unpaired) electrons. The van der Waals surface area contributed by atoms with E-state index in [9.17, 15) is 21.6 Å². The Labute approximate surface area is 191 Å². The first-order chi connectivity index (χ1) is 13.6. The highest BCUT2D eigenvalue weighted by Gasteiger charge is 2.30. The number of halogens is 6. The van der Waals surface area contributed by atoms with E-state index in [0.717, 1.165) is 24.1 Å². The number of fused-ring (bicyclic) bond motifs is 1. The molecule has 0 spiro atoms. The van der Waals surface area contributed by atoms with E-state index >= 15 is 0 Å². The molecule has 0 atom stereocenters. The number of hydrogen-bond donors (Lipinski definition) is 2. The van der Waals surface area contributed by atoms with Crippen LogP contribution in [0.5, 0.6) is 5.75 Å². The third kappa shape index (κ3) is 6.16. The van der Waals surface area contributed by atoms with Crippen molar-refractivity contribution < 1.29 is 26.3 Å². The van der Waals surface area contributed by atoms with Gasteiger partial charge in [-0.05, 0) is 61.3 Å². The summed E-state index contributed by atoms with van der Waals surface area (Å²) in [6, 6.07) is 7.09. The quantitative estimate of drug-likeness (QED) is 0.553. The van der Waals surface area contributed by atoms with Crippen LogP contribution in [-0.4, -0.2) is 34.3 Å². The number of sulfonamides is 1. The van der Waals surface area contributed by atoms with Gasteiger partial charge in [-0.15, -0.1) is 12.4 Å². The van der Waals surface area contributed by atoms with Crippen molar-refractivity contribution in [2.24, 2.45) is 0 Å². The molecule has 1 aliphatic heterocycles. The van der Waals surface area contributed by atoms with Gasteiger partial charge in [0.25, 0.3) is 10.0 Å². The Hall–Kier alpha value is -1.20. The summed E-state index contributed by atoms with van der Waals surface area (Å²) in [5, 5.41) is 3.53. The van der Waals surface area contributed by atoms with E-state index in [1.165, 1.54) is 18.2 Å². The van der Waals surface area contributed by atoms with Crippen LogP contribution in [-0.2, 0) is 22.9 Å². The molecule has 0 saturated carbocycles. The third-order valence-electron chi connectivity index (χ3n) is 4.29. The van der Waals surface area contributed by atoms with Gasteiger partial charge in [-0.1, -0.05) is 33.6 Å². The maximum Gasteiger partial charge on any atom is 0.422 e. The number of anilines is 1. The van der Waals surface area contributed by atoms with Crippen molar-refractivity contribution >= 4 is 55.6 Å². The second-order valence-corrected chi connectivity index (χ2v) is 9.36. The van der Waals surface area contributed by atoms with Gasteiger partial charge >= 0.3 is 6.18 Å². The minimum Gasteiger partial charge on any atom is -0.483 e. The van der Waals surface area contributed by atoms with Gasteiger partial charge in [0.2, 0.25) is 0 Å². The normalized spacial score (nSPS) is 14.3. The van der Waals surface area contributed by atoms with Gasteiger partial charge < -0.3 is 10.1 Å². The second kappa shape index (κ2) is 9.95. The van der Waals surface area contributed by atoms with E-state index in [1.807, 2.05) is 0 Å². The van der Waals surface area contributed by atoms with E-state index in [-0.39, 0.29) is 23.1 Å². The lowest BCUT2D eigenvalue weighted by Gasteiger charge is -2.17. The monoisotopic (exact) mass is 548 g/mol. The van der Waals surface area contributed by atoms with Crippen LogP contribution in [0.15, 0.2) is 39.7 Å². The highest BCUT2D eigenvalue weighted by molar-refractivity contribution is 9.10. The number of nitrogens with one attached hydrogen (secondary N) is 2. The molecule has 0 aliphatic carbocycles. The van der Waals surface area contributed by atoms with Crippen LogP contribution in [0, 0.1) is 0 Å². The van der Waals surface area contributed by atoms with Gasteiger partial charge in [0, 0.05) is 4.47 Å².